The van der Waals surface area contributed by atoms with Crippen molar-refractivity contribution in [1.29, 1.82) is 0 Å². The van der Waals surface area contributed by atoms with E-state index in [-0.39, 0.29) is 6.09 Å². The summed E-state index contributed by atoms with van der Waals surface area (Å²) >= 11 is 0. The summed E-state index contributed by atoms with van der Waals surface area (Å²) < 4.78 is 5.43. The number of hydrogen-bond acceptors (Lipinski definition) is 2. The van der Waals surface area contributed by atoms with E-state index in [1.807, 2.05) is 75.4 Å². The molecule has 0 aliphatic carbocycles. The zero-order valence-electron chi connectivity index (χ0n) is 13.0. The number of carbonyl (C=O) groups excluding carboxylic acids is 1. The molecule has 21 heavy (non-hydrogen) atoms. The summed E-state index contributed by atoms with van der Waals surface area (Å²) in [7, 11) is 1.73. The number of rotatable bonds is 2. The molecule has 3 heteroatoms. The van der Waals surface area contributed by atoms with Crippen LogP contribution in [0.3, 0.4) is 0 Å². The van der Waals surface area contributed by atoms with Crippen molar-refractivity contribution in [2.24, 2.45) is 0 Å². The molecule has 0 bridgehead atoms. The third kappa shape index (κ3) is 3.85. The molecule has 0 aliphatic heterocycles. The first-order chi connectivity index (χ1) is 9.88. The van der Waals surface area contributed by atoms with Gasteiger partial charge in [0.05, 0.1) is 5.69 Å². The van der Waals surface area contributed by atoms with Gasteiger partial charge < -0.3 is 4.74 Å². The van der Waals surface area contributed by atoms with Gasteiger partial charge in [-0.05, 0) is 32.4 Å². The van der Waals surface area contributed by atoms with Crippen LogP contribution < -0.4 is 4.90 Å². The van der Waals surface area contributed by atoms with Crippen molar-refractivity contribution in [3.8, 4) is 11.1 Å². The summed E-state index contributed by atoms with van der Waals surface area (Å²) in [5.74, 6) is 0. The van der Waals surface area contributed by atoms with Crippen LogP contribution in [-0.2, 0) is 4.74 Å². The number of para-hydroxylation sites is 1. The highest BCUT2D eigenvalue weighted by molar-refractivity contribution is 5.93. The molecular weight excluding hydrogens is 262 g/mol. The smallest absolute Gasteiger partial charge is 0.414 e. The molecule has 110 valence electrons. The van der Waals surface area contributed by atoms with Crippen LogP contribution in [0, 0.1) is 0 Å². The Labute approximate surface area is 126 Å². The van der Waals surface area contributed by atoms with E-state index < -0.39 is 5.60 Å². The fraction of sp³-hybridized carbons (Fsp3) is 0.278. The Morgan fingerprint density at radius 3 is 2.14 bits per heavy atom. The first-order valence-electron chi connectivity index (χ1n) is 6.99. The van der Waals surface area contributed by atoms with Crippen LogP contribution in [0.2, 0.25) is 0 Å². The van der Waals surface area contributed by atoms with Gasteiger partial charge in [-0.1, -0.05) is 48.5 Å². The Kier molecular flexibility index (Phi) is 4.32. The van der Waals surface area contributed by atoms with Crippen LogP contribution in [0.5, 0.6) is 0 Å². The first kappa shape index (κ1) is 15.1. The van der Waals surface area contributed by atoms with Crippen LogP contribution in [0.1, 0.15) is 20.8 Å². The number of anilines is 1. The number of ether oxygens (including phenoxy) is 1. The van der Waals surface area contributed by atoms with Crippen molar-refractivity contribution in [1.82, 2.24) is 0 Å². The van der Waals surface area contributed by atoms with Crippen LogP contribution in [0.25, 0.3) is 11.1 Å². The van der Waals surface area contributed by atoms with Crippen LogP contribution >= 0.6 is 0 Å². The topological polar surface area (TPSA) is 29.5 Å². The van der Waals surface area contributed by atoms with Gasteiger partial charge in [0, 0.05) is 12.6 Å². The lowest BCUT2D eigenvalue weighted by Crippen LogP contribution is -2.34. The number of amides is 1. The summed E-state index contributed by atoms with van der Waals surface area (Å²) in [5.41, 5.74) is 2.40. The highest BCUT2D eigenvalue weighted by atomic mass is 16.6. The third-order valence-corrected chi connectivity index (χ3v) is 3.02. The second kappa shape index (κ2) is 6.00. The van der Waals surface area contributed by atoms with Gasteiger partial charge in [-0.15, -0.1) is 0 Å². The van der Waals surface area contributed by atoms with Gasteiger partial charge in [0.1, 0.15) is 5.60 Å². The normalized spacial score (nSPS) is 11.0. The summed E-state index contributed by atoms with van der Waals surface area (Å²) in [5, 5.41) is 0. The molecule has 0 saturated carbocycles. The number of hydrogen-bond donors (Lipinski definition) is 0. The number of nitrogens with zero attached hydrogens (tertiary/aromatic N) is 1. The molecule has 0 heterocycles. The number of benzene rings is 2. The maximum Gasteiger partial charge on any atom is 0.414 e. The van der Waals surface area contributed by atoms with Gasteiger partial charge in [-0.25, -0.2) is 4.79 Å². The molecule has 2 aromatic rings. The molecule has 1 amide bonds. The van der Waals surface area contributed by atoms with E-state index in [2.05, 4.69) is 0 Å². The monoisotopic (exact) mass is 283 g/mol. The maximum absolute atomic E-state index is 12.2. The van der Waals surface area contributed by atoms with Crippen molar-refractivity contribution in [3.05, 3.63) is 54.6 Å². The van der Waals surface area contributed by atoms with Crippen molar-refractivity contribution in [2.45, 2.75) is 26.4 Å². The fourth-order valence-corrected chi connectivity index (χ4v) is 2.06. The molecule has 0 unspecified atom stereocenters. The summed E-state index contributed by atoms with van der Waals surface area (Å²) in [6, 6.07) is 17.8. The Balaban J connectivity index is 2.34. The third-order valence-electron chi connectivity index (χ3n) is 3.02. The van der Waals surface area contributed by atoms with E-state index in [4.69, 9.17) is 4.74 Å². The van der Waals surface area contributed by atoms with E-state index in [0.717, 1.165) is 16.8 Å². The average Bonchev–Trinajstić information content (AvgIpc) is 2.45. The van der Waals surface area contributed by atoms with E-state index in [0.29, 0.717) is 0 Å². The molecule has 3 nitrogen and oxygen atoms in total. The van der Waals surface area contributed by atoms with Gasteiger partial charge in [0.25, 0.3) is 0 Å². The van der Waals surface area contributed by atoms with Gasteiger partial charge in [-0.3, -0.25) is 4.90 Å². The van der Waals surface area contributed by atoms with E-state index in [1.54, 1.807) is 11.9 Å². The van der Waals surface area contributed by atoms with Crippen LogP contribution in [0.15, 0.2) is 54.6 Å². The van der Waals surface area contributed by atoms with Crippen LogP contribution in [0.4, 0.5) is 10.5 Å². The van der Waals surface area contributed by atoms with E-state index in [9.17, 15) is 4.79 Å². The maximum atomic E-state index is 12.2. The van der Waals surface area contributed by atoms with Gasteiger partial charge in [0.15, 0.2) is 0 Å². The molecule has 2 aromatic carbocycles. The van der Waals surface area contributed by atoms with Crippen molar-refractivity contribution >= 4 is 11.8 Å². The predicted molar refractivity (Wildman–Crippen MR) is 86.5 cm³/mol. The molecule has 0 aliphatic rings. The molecule has 0 saturated heterocycles. The zero-order valence-corrected chi connectivity index (χ0v) is 13.0. The number of carbonyl (C=O) groups is 1. The highest BCUT2D eigenvalue weighted by Crippen LogP contribution is 2.30. The Morgan fingerprint density at radius 1 is 0.952 bits per heavy atom. The molecular formula is C18H21NO2. The standard InChI is InChI=1S/C18H21NO2/c1-18(2,3)21-17(20)19(4)16-13-9-8-12-15(16)14-10-6-5-7-11-14/h5-13H,1-4H3. The van der Waals surface area contributed by atoms with Crippen molar-refractivity contribution in [3.63, 3.8) is 0 Å². The Bertz CT molecular complexity index is 615. The summed E-state index contributed by atoms with van der Waals surface area (Å²) in [6.45, 7) is 5.59. The van der Waals surface area contributed by atoms with Gasteiger partial charge in [0.2, 0.25) is 0 Å². The second-order valence-corrected chi connectivity index (χ2v) is 5.92. The molecule has 0 radical (unpaired) electrons. The average molecular weight is 283 g/mol. The molecule has 0 atom stereocenters. The lowest BCUT2D eigenvalue weighted by atomic mass is 10.0. The minimum Gasteiger partial charge on any atom is -0.443 e. The lowest BCUT2D eigenvalue weighted by molar-refractivity contribution is 0.0589. The van der Waals surface area contributed by atoms with E-state index >= 15 is 0 Å². The molecule has 0 spiro atoms. The molecule has 0 aromatic heterocycles. The summed E-state index contributed by atoms with van der Waals surface area (Å²) in [6.07, 6.45) is -0.356. The second-order valence-electron chi connectivity index (χ2n) is 5.92. The molecule has 2 rings (SSSR count). The molecule has 0 fully saturated rings. The van der Waals surface area contributed by atoms with Crippen molar-refractivity contribution < 1.29 is 9.53 Å². The lowest BCUT2D eigenvalue weighted by Gasteiger charge is -2.26. The molecule has 0 N–H and O–H groups in total. The largest absolute Gasteiger partial charge is 0.443 e. The minimum absolute atomic E-state index is 0.356. The fourth-order valence-electron chi connectivity index (χ4n) is 2.06. The van der Waals surface area contributed by atoms with E-state index in [1.165, 1.54) is 0 Å². The van der Waals surface area contributed by atoms with Gasteiger partial charge in [-0.2, -0.15) is 0 Å². The first-order valence-corrected chi connectivity index (χ1v) is 6.99. The Morgan fingerprint density at radius 2 is 1.52 bits per heavy atom. The Hall–Kier alpha value is -2.29. The highest BCUT2D eigenvalue weighted by Gasteiger charge is 2.22. The SMILES string of the molecule is CN(C(=O)OC(C)(C)C)c1ccccc1-c1ccccc1. The summed E-state index contributed by atoms with van der Waals surface area (Å²) in [4.78, 5) is 13.8. The van der Waals surface area contributed by atoms with Crippen molar-refractivity contribution in [2.75, 3.05) is 11.9 Å². The zero-order chi connectivity index (χ0) is 15.5. The van der Waals surface area contributed by atoms with Gasteiger partial charge >= 0.3 is 6.09 Å². The quantitative estimate of drug-likeness (QED) is 0.797. The van der Waals surface area contributed by atoms with Crippen LogP contribution in [-0.4, -0.2) is 18.7 Å². The predicted octanol–water partition coefficient (Wildman–Crippen LogP) is 4.72. The minimum atomic E-state index is -0.507.